The van der Waals surface area contributed by atoms with Crippen molar-refractivity contribution < 1.29 is 9.84 Å². The summed E-state index contributed by atoms with van der Waals surface area (Å²) in [5.74, 6) is -1.82. The molecule has 10 nitrogen and oxygen atoms in total. The first-order valence-electron chi connectivity index (χ1n) is 9.40. The van der Waals surface area contributed by atoms with E-state index in [1.54, 1.807) is 0 Å². The Balaban J connectivity index is 2.16. The van der Waals surface area contributed by atoms with Crippen molar-refractivity contribution in [2.45, 2.75) is 19.0 Å². The van der Waals surface area contributed by atoms with Crippen LogP contribution in [-0.4, -0.2) is 24.2 Å². The van der Waals surface area contributed by atoms with E-state index in [2.05, 4.69) is 23.1 Å². The summed E-state index contributed by atoms with van der Waals surface area (Å²) in [7, 11) is 0. The van der Waals surface area contributed by atoms with E-state index in [1.807, 2.05) is 0 Å². The highest BCUT2D eigenvalue weighted by molar-refractivity contribution is 6.30. The Morgan fingerprint density at radius 1 is 1.03 bits per heavy atom. The lowest BCUT2D eigenvalue weighted by atomic mass is 9.84. The van der Waals surface area contributed by atoms with Gasteiger partial charge in [0.05, 0.1) is 17.0 Å². The normalized spacial score (nSPS) is 14.2. The van der Waals surface area contributed by atoms with Gasteiger partial charge < -0.3 is 9.84 Å². The Morgan fingerprint density at radius 3 is 2.38 bits per heavy atom. The van der Waals surface area contributed by atoms with Crippen molar-refractivity contribution in [3.05, 3.63) is 107 Å². The molecule has 164 valence electrons. The molecule has 1 aromatic carbocycles. The Bertz CT molecular complexity index is 1510. The number of benzene rings is 1. The minimum Gasteiger partial charge on any atom is -0.494 e. The van der Waals surface area contributed by atoms with Crippen LogP contribution in [0, 0.1) is 0 Å². The first-order chi connectivity index (χ1) is 15.3. The molecule has 1 aliphatic heterocycles. The second-order valence-corrected chi connectivity index (χ2v) is 7.43. The highest BCUT2D eigenvalue weighted by Crippen LogP contribution is 2.46. The summed E-state index contributed by atoms with van der Waals surface area (Å²) in [6.07, 6.45) is 2.72. The number of rotatable bonds is 5. The first-order valence-corrected chi connectivity index (χ1v) is 9.78. The third-order valence-corrected chi connectivity index (χ3v) is 5.32. The molecule has 0 spiro atoms. The number of H-pyrrole nitrogens is 2. The van der Waals surface area contributed by atoms with Crippen molar-refractivity contribution in [2.24, 2.45) is 0 Å². The highest BCUT2D eigenvalue weighted by Gasteiger charge is 2.37. The van der Waals surface area contributed by atoms with E-state index in [0.717, 1.165) is 9.13 Å². The van der Waals surface area contributed by atoms with Crippen LogP contribution in [0.25, 0.3) is 0 Å². The molecule has 1 atom stereocenters. The van der Waals surface area contributed by atoms with E-state index >= 15 is 0 Å². The maximum atomic E-state index is 13.3. The van der Waals surface area contributed by atoms with Gasteiger partial charge in [-0.05, 0) is 18.2 Å². The number of aromatic hydroxyl groups is 1. The summed E-state index contributed by atoms with van der Waals surface area (Å²) >= 11 is 6.16. The van der Waals surface area contributed by atoms with Gasteiger partial charge in [-0.1, -0.05) is 23.8 Å². The number of hydrogen-bond donors (Lipinski definition) is 3. The van der Waals surface area contributed by atoms with Crippen LogP contribution in [0.1, 0.15) is 22.6 Å². The third kappa shape index (κ3) is 3.21. The van der Waals surface area contributed by atoms with Crippen LogP contribution in [0.15, 0.2) is 62.7 Å². The SMILES string of the molecule is C=CCn1c(O)c([C@@H]2c3cc(Cl)ccc3Oc3[nH]c(=O)n(CC=C)c(=O)c32)c(=O)[nH]c1=O. The molecule has 0 amide bonds. The van der Waals surface area contributed by atoms with Crippen molar-refractivity contribution in [1.82, 2.24) is 19.1 Å². The topological polar surface area (TPSA) is 139 Å². The minimum absolute atomic E-state index is 0.0980. The average Bonchev–Trinajstić information content (AvgIpc) is 2.73. The fourth-order valence-electron chi connectivity index (χ4n) is 3.73. The molecule has 0 radical (unpaired) electrons. The first kappa shape index (κ1) is 21.2. The molecule has 0 bridgehead atoms. The molecule has 3 N–H and O–H groups in total. The zero-order valence-electron chi connectivity index (χ0n) is 16.6. The number of aromatic nitrogens is 4. The smallest absolute Gasteiger partial charge is 0.331 e. The maximum Gasteiger partial charge on any atom is 0.331 e. The predicted molar refractivity (Wildman–Crippen MR) is 117 cm³/mol. The lowest BCUT2D eigenvalue weighted by molar-refractivity contribution is 0.392. The summed E-state index contributed by atoms with van der Waals surface area (Å²) in [6.45, 7) is 6.88. The number of hydrogen-bond acceptors (Lipinski definition) is 6. The Morgan fingerprint density at radius 2 is 1.69 bits per heavy atom. The monoisotopic (exact) mass is 456 g/mol. The quantitative estimate of drug-likeness (QED) is 0.388. The number of allylic oxidation sites excluding steroid dienone is 2. The van der Waals surface area contributed by atoms with Crippen LogP contribution in [-0.2, 0) is 13.1 Å². The van der Waals surface area contributed by atoms with E-state index in [9.17, 15) is 24.3 Å². The van der Waals surface area contributed by atoms with Gasteiger partial charge in [0.15, 0.2) is 0 Å². The molecule has 3 heterocycles. The molecule has 1 aliphatic rings. The number of fused-ring (bicyclic) bond motifs is 2. The van der Waals surface area contributed by atoms with Gasteiger partial charge in [-0.25, -0.2) is 9.59 Å². The lowest BCUT2D eigenvalue weighted by Crippen LogP contribution is -2.41. The molecule has 3 aromatic rings. The number of ether oxygens (including phenoxy) is 1. The lowest BCUT2D eigenvalue weighted by Gasteiger charge is -2.28. The second-order valence-electron chi connectivity index (χ2n) is 6.99. The molecular weight excluding hydrogens is 440 g/mol. The van der Waals surface area contributed by atoms with E-state index in [4.69, 9.17) is 16.3 Å². The predicted octanol–water partition coefficient (Wildman–Crippen LogP) is 1.40. The molecule has 32 heavy (non-hydrogen) atoms. The Labute approximate surface area is 184 Å². The van der Waals surface area contributed by atoms with Gasteiger partial charge >= 0.3 is 11.4 Å². The van der Waals surface area contributed by atoms with E-state index < -0.39 is 34.3 Å². The molecule has 4 rings (SSSR count). The highest BCUT2D eigenvalue weighted by atomic mass is 35.5. The van der Waals surface area contributed by atoms with Crippen molar-refractivity contribution in [3.8, 4) is 17.5 Å². The van der Waals surface area contributed by atoms with Gasteiger partial charge in [0.25, 0.3) is 11.1 Å². The van der Waals surface area contributed by atoms with Gasteiger partial charge in [-0.3, -0.25) is 28.7 Å². The number of halogens is 1. The van der Waals surface area contributed by atoms with Gasteiger partial charge in [-0.2, -0.15) is 0 Å². The molecule has 0 fully saturated rings. The van der Waals surface area contributed by atoms with Crippen LogP contribution in [0.3, 0.4) is 0 Å². The van der Waals surface area contributed by atoms with E-state index in [1.165, 1.54) is 30.4 Å². The van der Waals surface area contributed by atoms with Gasteiger partial charge in [0, 0.05) is 23.7 Å². The zero-order chi connectivity index (χ0) is 23.2. The maximum absolute atomic E-state index is 13.3. The molecular formula is C21H17ClN4O6. The fourth-order valence-corrected chi connectivity index (χ4v) is 3.91. The van der Waals surface area contributed by atoms with E-state index in [0.29, 0.717) is 5.56 Å². The molecule has 0 unspecified atom stereocenters. The van der Waals surface area contributed by atoms with Gasteiger partial charge in [0.2, 0.25) is 11.8 Å². The van der Waals surface area contributed by atoms with Gasteiger partial charge in [0.1, 0.15) is 5.75 Å². The van der Waals surface area contributed by atoms with Crippen LogP contribution in [0.5, 0.6) is 17.5 Å². The number of aromatic amines is 2. The molecule has 0 saturated heterocycles. The van der Waals surface area contributed by atoms with Crippen molar-refractivity contribution in [1.29, 1.82) is 0 Å². The fraction of sp³-hybridized carbons (Fsp3) is 0.143. The minimum atomic E-state index is -1.20. The van der Waals surface area contributed by atoms with Gasteiger partial charge in [-0.15, -0.1) is 13.2 Å². The molecule has 11 heteroatoms. The average molecular weight is 457 g/mol. The summed E-state index contributed by atoms with van der Waals surface area (Å²) in [5, 5.41) is 11.2. The van der Waals surface area contributed by atoms with Crippen LogP contribution in [0.4, 0.5) is 0 Å². The second kappa shape index (κ2) is 7.89. The Kier molecular flexibility index (Phi) is 5.23. The molecule has 2 aromatic heterocycles. The standard InChI is InChI=1S/C21H17ClN4O6/c1-3-7-25-18(28)14(16(27)23-20(25)30)13-11-9-10(22)5-6-12(11)32-17-15(13)19(29)26(8-4-2)21(31)24-17/h3-6,9,13,28H,1-2,7-8H2,(H,24,31)(H,23,27,30)/t13-/m0/s1. The number of nitrogens with zero attached hydrogens (tertiary/aromatic N) is 2. The van der Waals surface area contributed by atoms with Crippen LogP contribution in [0.2, 0.25) is 5.02 Å². The third-order valence-electron chi connectivity index (χ3n) is 5.09. The van der Waals surface area contributed by atoms with Crippen molar-refractivity contribution in [3.63, 3.8) is 0 Å². The zero-order valence-corrected chi connectivity index (χ0v) is 17.3. The van der Waals surface area contributed by atoms with Crippen LogP contribution >= 0.6 is 11.6 Å². The van der Waals surface area contributed by atoms with Crippen LogP contribution < -0.4 is 27.2 Å². The summed E-state index contributed by atoms with van der Waals surface area (Å²) in [5.41, 5.74) is -3.33. The summed E-state index contributed by atoms with van der Waals surface area (Å²) in [4.78, 5) is 55.5. The Hall–Kier alpha value is -4.05. The summed E-state index contributed by atoms with van der Waals surface area (Å²) < 4.78 is 7.51. The summed E-state index contributed by atoms with van der Waals surface area (Å²) in [6, 6.07) is 4.52. The number of nitrogens with one attached hydrogen (secondary N) is 2. The molecule has 0 saturated carbocycles. The van der Waals surface area contributed by atoms with E-state index in [-0.39, 0.29) is 40.9 Å². The van der Waals surface area contributed by atoms with Crippen molar-refractivity contribution >= 4 is 11.6 Å². The van der Waals surface area contributed by atoms with Crippen molar-refractivity contribution in [2.75, 3.05) is 0 Å². The largest absolute Gasteiger partial charge is 0.494 e. The molecule has 0 aliphatic carbocycles.